The normalized spacial score (nSPS) is 22.0. The highest BCUT2D eigenvalue weighted by Gasteiger charge is 2.27. The Bertz CT molecular complexity index is 423. The maximum absolute atomic E-state index is 10.6. The van der Waals surface area contributed by atoms with E-state index in [-0.39, 0.29) is 6.04 Å². The number of aryl methyl sites for hydroxylation is 1. The number of rotatable bonds is 5. The van der Waals surface area contributed by atoms with Gasteiger partial charge in [-0.3, -0.25) is 9.80 Å². The fourth-order valence-electron chi connectivity index (χ4n) is 3.09. The first-order valence-electron chi connectivity index (χ1n) is 8.25. The average Bonchev–Trinajstić information content (AvgIpc) is 2.53. The molecule has 0 saturated carbocycles. The number of piperazine rings is 1. The summed E-state index contributed by atoms with van der Waals surface area (Å²) >= 11 is 0. The zero-order chi connectivity index (χ0) is 15.4. The smallest absolute Gasteiger partial charge is 0.0942 e. The molecular formula is C18H30N2O. The Kier molecular flexibility index (Phi) is 5.80. The first-order valence-corrected chi connectivity index (χ1v) is 8.25. The van der Waals surface area contributed by atoms with Crippen LogP contribution in [0.25, 0.3) is 0 Å². The second kappa shape index (κ2) is 7.39. The average molecular weight is 290 g/mol. The molecule has 1 N–H and O–H groups in total. The van der Waals surface area contributed by atoms with Crippen molar-refractivity contribution in [1.29, 1.82) is 0 Å². The van der Waals surface area contributed by atoms with Crippen LogP contribution in [0.1, 0.15) is 44.4 Å². The summed E-state index contributed by atoms with van der Waals surface area (Å²) in [6.45, 7) is 13.1. The Balaban J connectivity index is 1.92. The summed E-state index contributed by atoms with van der Waals surface area (Å²) in [6.07, 6.45) is 0.808. The SMILES string of the molecule is CCC(C)N1CCN(C(C)C(O)c2ccc(C)cc2)CC1. The highest BCUT2D eigenvalue weighted by Crippen LogP contribution is 2.22. The van der Waals surface area contributed by atoms with Gasteiger partial charge in [0.1, 0.15) is 0 Å². The molecule has 1 saturated heterocycles. The van der Waals surface area contributed by atoms with Gasteiger partial charge in [0.2, 0.25) is 0 Å². The van der Waals surface area contributed by atoms with Crippen LogP contribution in [0.15, 0.2) is 24.3 Å². The molecule has 2 rings (SSSR count). The van der Waals surface area contributed by atoms with Gasteiger partial charge in [0.25, 0.3) is 0 Å². The molecule has 0 radical (unpaired) electrons. The van der Waals surface area contributed by atoms with E-state index in [0.717, 1.165) is 31.7 Å². The van der Waals surface area contributed by atoms with Gasteiger partial charge in [0, 0.05) is 38.3 Å². The lowest BCUT2D eigenvalue weighted by molar-refractivity contribution is 0.0172. The summed E-state index contributed by atoms with van der Waals surface area (Å²) < 4.78 is 0. The van der Waals surface area contributed by atoms with Gasteiger partial charge in [-0.15, -0.1) is 0 Å². The third-order valence-electron chi connectivity index (χ3n) is 5.01. The summed E-state index contributed by atoms with van der Waals surface area (Å²) in [4.78, 5) is 4.98. The Morgan fingerprint density at radius 1 is 1.00 bits per heavy atom. The molecule has 1 fully saturated rings. The van der Waals surface area contributed by atoms with Crippen molar-refractivity contribution in [2.24, 2.45) is 0 Å². The number of aliphatic hydroxyl groups is 1. The van der Waals surface area contributed by atoms with Crippen LogP contribution in [0.2, 0.25) is 0 Å². The lowest BCUT2D eigenvalue weighted by Crippen LogP contribution is -2.53. The molecule has 1 heterocycles. The van der Waals surface area contributed by atoms with Crippen molar-refractivity contribution >= 4 is 0 Å². The van der Waals surface area contributed by atoms with Gasteiger partial charge in [-0.05, 0) is 32.8 Å². The second-order valence-electron chi connectivity index (χ2n) is 6.43. The van der Waals surface area contributed by atoms with E-state index in [1.807, 2.05) is 12.1 Å². The molecular weight excluding hydrogens is 260 g/mol. The molecule has 3 unspecified atom stereocenters. The fourth-order valence-corrected chi connectivity index (χ4v) is 3.09. The largest absolute Gasteiger partial charge is 0.387 e. The third-order valence-corrected chi connectivity index (χ3v) is 5.01. The van der Waals surface area contributed by atoms with Crippen LogP contribution in [0.3, 0.4) is 0 Å². The van der Waals surface area contributed by atoms with E-state index in [9.17, 15) is 5.11 Å². The van der Waals surface area contributed by atoms with Gasteiger partial charge in [-0.25, -0.2) is 0 Å². The lowest BCUT2D eigenvalue weighted by Gasteiger charge is -2.41. The number of benzene rings is 1. The zero-order valence-corrected chi connectivity index (χ0v) is 13.9. The topological polar surface area (TPSA) is 26.7 Å². The highest BCUT2D eigenvalue weighted by molar-refractivity contribution is 5.24. The van der Waals surface area contributed by atoms with Crippen LogP contribution in [0, 0.1) is 6.92 Å². The van der Waals surface area contributed by atoms with Crippen LogP contribution < -0.4 is 0 Å². The van der Waals surface area contributed by atoms with Crippen LogP contribution in [-0.2, 0) is 0 Å². The molecule has 0 bridgehead atoms. The molecule has 1 aliphatic heterocycles. The predicted molar refractivity (Wildman–Crippen MR) is 88.5 cm³/mol. The minimum Gasteiger partial charge on any atom is -0.387 e. The minimum absolute atomic E-state index is 0.173. The monoisotopic (exact) mass is 290 g/mol. The standard InChI is InChI=1S/C18H30N2O/c1-5-15(3)19-10-12-20(13-11-19)16(4)18(21)17-8-6-14(2)7-9-17/h6-9,15-16,18,21H,5,10-13H2,1-4H3. The molecule has 0 aliphatic carbocycles. The Hall–Kier alpha value is -0.900. The van der Waals surface area contributed by atoms with Gasteiger partial charge in [0.05, 0.1) is 6.10 Å². The Morgan fingerprint density at radius 3 is 2.05 bits per heavy atom. The van der Waals surface area contributed by atoms with Gasteiger partial charge >= 0.3 is 0 Å². The van der Waals surface area contributed by atoms with E-state index in [1.165, 1.54) is 12.0 Å². The maximum atomic E-state index is 10.6. The zero-order valence-electron chi connectivity index (χ0n) is 13.9. The van der Waals surface area contributed by atoms with E-state index >= 15 is 0 Å². The lowest BCUT2D eigenvalue weighted by atomic mass is 10.0. The summed E-state index contributed by atoms with van der Waals surface area (Å²) in [7, 11) is 0. The van der Waals surface area contributed by atoms with E-state index in [2.05, 4.69) is 49.6 Å². The van der Waals surface area contributed by atoms with Crippen LogP contribution in [0.5, 0.6) is 0 Å². The molecule has 3 atom stereocenters. The molecule has 3 nitrogen and oxygen atoms in total. The summed E-state index contributed by atoms with van der Waals surface area (Å²) in [5, 5.41) is 10.6. The van der Waals surface area contributed by atoms with Gasteiger partial charge in [0.15, 0.2) is 0 Å². The summed E-state index contributed by atoms with van der Waals surface area (Å²) in [5.74, 6) is 0. The van der Waals surface area contributed by atoms with Crippen molar-refractivity contribution in [3.63, 3.8) is 0 Å². The molecule has 1 aromatic carbocycles. The van der Waals surface area contributed by atoms with Crippen molar-refractivity contribution < 1.29 is 5.11 Å². The summed E-state index contributed by atoms with van der Waals surface area (Å²) in [5.41, 5.74) is 2.26. The first-order chi connectivity index (χ1) is 10.0. The molecule has 118 valence electrons. The van der Waals surface area contributed by atoms with E-state index in [4.69, 9.17) is 0 Å². The quantitative estimate of drug-likeness (QED) is 0.903. The molecule has 0 aromatic heterocycles. The van der Waals surface area contributed by atoms with Crippen molar-refractivity contribution in [3.8, 4) is 0 Å². The molecule has 1 aromatic rings. The predicted octanol–water partition coefficient (Wildman–Crippen LogP) is 2.83. The number of hydrogen-bond acceptors (Lipinski definition) is 3. The van der Waals surface area contributed by atoms with Crippen molar-refractivity contribution in [1.82, 2.24) is 9.80 Å². The molecule has 0 amide bonds. The van der Waals surface area contributed by atoms with Crippen LogP contribution in [0.4, 0.5) is 0 Å². The second-order valence-corrected chi connectivity index (χ2v) is 6.43. The number of hydrogen-bond donors (Lipinski definition) is 1. The van der Waals surface area contributed by atoms with Gasteiger partial charge in [-0.2, -0.15) is 0 Å². The fraction of sp³-hybridized carbons (Fsp3) is 0.667. The van der Waals surface area contributed by atoms with Crippen LogP contribution >= 0.6 is 0 Å². The number of aliphatic hydroxyl groups excluding tert-OH is 1. The molecule has 21 heavy (non-hydrogen) atoms. The van der Waals surface area contributed by atoms with E-state index < -0.39 is 6.10 Å². The highest BCUT2D eigenvalue weighted by atomic mass is 16.3. The molecule has 0 spiro atoms. The minimum atomic E-state index is -0.402. The Labute approximate surface area is 129 Å². The van der Waals surface area contributed by atoms with Crippen LogP contribution in [-0.4, -0.2) is 53.2 Å². The number of nitrogens with zero attached hydrogens (tertiary/aromatic N) is 2. The first kappa shape index (κ1) is 16.5. The van der Waals surface area contributed by atoms with Gasteiger partial charge < -0.3 is 5.11 Å². The van der Waals surface area contributed by atoms with Crippen molar-refractivity contribution in [3.05, 3.63) is 35.4 Å². The Morgan fingerprint density at radius 2 is 1.52 bits per heavy atom. The van der Waals surface area contributed by atoms with E-state index in [0.29, 0.717) is 6.04 Å². The van der Waals surface area contributed by atoms with Gasteiger partial charge in [-0.1, -0.05) is 36.8 Å². The maximum Gasteiger partial charge on any atom is 0.0942 e. The van der Waals surface area contributed by atoms with Crippen molar-refractivity contribution in [2.45, 2.75) is 52.3 Å². The van der Waals surface area contributed by atoms with Crippen molar-refractivity contribution in [2.75, 3.05) is 26.2 Å². The summed E-state index contributed by atoms with van der Waals surface area (Å²) in [6, 6.07) is 9.09. The molecule has 3 heteroatoms. The van der Waals surface area contributed by atoms with E-state index in [1.54, 1.807) is 0 Å². The third kappa shape index (κ3) is 4.06. The molecule has 1 aliphatic rings.